The van der Waals surface area contributed by atoms with Gasteiger partial charge in [-0.05, 0) is 24.3 Å². The number of carbonyl (C=O) groups excluding carboxylic acids is 1. The van der Waals surface area contributed by atoms with Gasteiger partial charge in [-0.3, -0.25) is 4.79 Å². The summed E-state index contributed by atoms with van der Waals surface area (Å²) in [5.74, 6) is -1.81. The van der Waals surface area contributed by atoms with E-state index in [9.17, 15) is 9.59 Å². The molecule has 4 nitrogen and oxygen atoms in total. The number of carboxylic acid groups (broad SMARTS) is 1. The smallest absolute Gasteiger partial charge is 0.345 e. The minimum absolute atomic E-state index is 0.153. The van der Waals surface area contributed by atoms with Gasteiger partial charge in [-0.25, -0.2) is 4.79 Å². The average Bonchev–Trinajstić information content (AvgIpc) is 2.39. The number of hydrogen-bond acceptors (Lipinski definition) is 3. The highest BCUT2D eigenvalue weighted by atomic mass is 16.6. The Hall–Kier alpha value is -1.84. The molecule has 0 heterocycles. The predicted octanol–water partition coefficient (Wildman–Crippen LogP) is 3.22. The van der Waals surface area contributed by atoms with E-state index in [1.165, 1.54) is 0 Å². The summed E-state index contributed by atoms with van der Waals surface area (Å²) in [7, 11) is 0. The van der Waals surface area contributed by atoms with Gasteiger partial charge in [0.25, 0.3) is 0 Å². The van der Waals surface area contributed by atoms with E-state index in [4.69, 9.17) is 9.84 Å². The largest absolute Gasteiger partial charge is 0.479 e. The topological polar surface area (TPSA) is 63.6 Å². The van der Waals surface area contributed by atoms with Crippen LogP contribution >= 0.6 is 0 Å². The summed E-state index contributed by atoms with van der Waals surface area (Å²) < 4.78 is 5.19. The molecule has 2 unspecified atom stereocenters. The minimum Gasteiger partial charge on any atom is -0.479 e. The van der Waals surface area contributed by atoms with Gasteiger partial charge in [-0.1, -0.05) is 51.1 Å². The molecule has 0 spiro atoms. The molecule has 0 fully saturated rings. The van der Waals surface area contributed by atoms with Crippen molar-refractivity contribution in [2.75, 3.05) is 0 Å². The maximum absolute atomic E-state index is 12.2. The molecular weight excluding hydrogens is 256 g/mol. The van der Waals surface area contributed by atoms with Gasteiger partial charge in [0, 0.05) is 0 Å². The quantitative estimate of drug-likeness (QED) is 0.778. The average molecular weight is 278 g/mol. The Labute approximate surface area is 119 Å². The van der Waals surface area contributed by atoms with E-state index in [1.807, 2.05) is 51.1 Å². The highest BCUT2D eigenvalue weighted by Crippen LogP contribution is 2.22. The first-order chi connectivity index (χ1) is 9.45. The first-order valence-corrected chi connectivity index (χ1v) is 6.93. The number of benzene rings is 1. The van der Waals surface area contributed by atoms with Crippen LogP contribution in [0.2, 0.25) is 0 Å². The zero-order valence-corrected chi connectivity index (χ0v) is 12.2. The third-order valence-corrected chi connectivity index (χ3v) is 3.11. The van der Waals surface area contributed by atoms with Crippen LogP contribution in [-0.2, 0) is 14.3 Å². The van der Waals surface area contributed by atoms with Crippen molar-refractivity contribution in [3.8, 4) is 0 Å². The maximum atomic E-state index is 12.2. The van der Waals surface area contributed by atoms with E-state index in [1.54, 1.807) is 0 Å². The maximum Gasteiger partial charge on any atom is 0.345 e. The van der Waals surface area contributed by atoms with E-state index in [2.05, 4.69) is 0 Å². The van der Waals surface area contributed by atoms with Crippen LogP contribution in [0.5, 0.6) is 0 Å². The molecule has 1 rings (SSSR count). The number of carboxylic acids is 1. The summed E-state index contributed by atoms with van der Waals surface area (Å²) in [4.78, 5) is 23.3. The van der Waals surface area contributed by atoms with Crippen LogP contribution in [0.15, 0.2) is 30.3 Å². The molecule has 1 aromatic carbocycles. The second kappa shape index (κ2) is 7.68. The fourth-order valence-corrected chi connectivity index (χ4v) is 2.07. The van der Waals surface area contributed by atoms with Crippen molar-refractivity contribution in [3.63, 3.8) is 0 Å². The Morgan fingerprint density at radius 2 is 1.80 bits per heavy atom. The van der Waals surface area contributed by atoms with Crippen LogP contribution in [-0.4, -0.2) is 23.1 Å². The Balaban J connectivity index is 2.78. The Morgan fingerprint density at radius 1 is 1.20 bits per heavy atom. The van der Waals surface area contributed by atoms with Gasteiger partial charge in [-0.2, -0.15) is 0 Å². The van der Waals surface area contributed by atoms with Crippen LogP contribution in [0.25, 0.3) is 0 Å². The summed E-state index contributed by atoms with van der Waals surface area (Å²) in [6.45, 7) is 5.69. The minimum atomic E-state index is -1.09. The molecule has 0 aliphatic rings. The van der Waals surface area contributed by atoms with E-state index >= 15 is 0 Å². The van der Waals surface area contributed by atoms with Gasteiger partial charge in [0.15, 0.2) is 6.10 Å². The van der Waals surface area contributed by atoms with Crippen molar-refractivity contribution in [2.45, 2.75) is 45.6 Å². The molecule has 2 atom stereocenters. The second-order valence-corrected chi connectivity index (χ2v) is 5.26. The molecule has 1 N–H and O–H groups in total. The summed E-state index contributed by atoms with van der Waals surface area (Å²) in [5.41, 5.74) is 0.855. The third-order valence-electron chi connectivity index (χ3n) is 3.11. The standard InChI is InChI=1S/C16H22O4/c1-4-13(12-8-6-5-7-9-12)16(19)20-14(15(17)18)10-11(2)3/h5-9,11,13-14H,4,10H2,1-3H3,(H,17,18). The van der Waals surface area contributed by atoms with Crippen molar-refractivity contribution in [3.05, 3.63) is 35.9 Å². The van der Waals surface area contributed by atoms with Crippen LogP contribution in [0.3, 0.4) is 0 Å². The zero-order valence-electron chi connectivity index (χ0n) is 12.2. The molecule has 1 aromatic rings. The van der Waals surface area contributed by atoms with Gasteiger partial charge in [-0.15, -0.1) is 0 Å². The molecule has 0 amide bonds. The molecule has 0 aliphatic carbocycles. The van der Waals surface area contributed by atoms with Gasteiger partial charge in [0.1, 0.15) is 0 Å². The molecule has 110 valence electrons. The molecule has 0 saturated heterocycles. The van der Waals surface area contributed by atoms with E-state index < -0.39 is 24.0 Å². The lowest BCUT2D eigenvalue weighted by molar-refractivity contribution is -0.166. The normalized spacial score (nSPS) is 13.8. The summed E-state index contributed by atoms with van der Waals surface area (Å²) in [6.07, 6.45) is -0.163. The van der Waals surface area contributed by atoms with E-state index in [-0.39, 0.29) is 5.92 Å². The number of rotatable bonds is 7. The highest BCUT2D eigenvalue weighted by Gasteiger charge is 2.28. The summed E-state index contributed by atoms with van der Waals surface area (Å²) >= 11 is 0. The monoisotopic (exact) mass is 278 g/mol. The first kappa shape index (κ1) is 16.2. The zero-order chi connectivity index (χ0) is 15.1. The first-order valence-electron chi connectivity index (χ1n) is 6.93. The Bertz CT molecular complexity index is 439. The van der Waals surface area contributed by atoms with Crippen LogP contribution in [0.4, 0.5) is 0 Å². The van der Waals surface area contributed by atoms with Gasteiger partial charge >= 0.3 is 11.9 Å². The van der Waals surface area contributed by atoms with E-state index in [0.717, 1.165) is 5.56 Å². The number of aliphatic carboxylic acids is 1. The molecule has 0 saturated carbocycles. The van der Waals surface area contributed by atoms with Gasteiger partial charge in [0.2, 0.25) is 0 Å². The van der Waals surface area contributed by atoms with Gasteiger partial charge < -0.3 is 9.84 Å². The van der Waals surface area contributed by atoms with Crippen molar-refractivity contribution in [1.82, 2.24) is 0 Å². The van der Waals surface area contributed by atoms with Crippen LogP contribution in [0.1, 0.15) is 45.1 Å². The van der Waals surface area contributed by atoms with Crippen LogP contribution < -0.4 is 0 Å². The molecule has 20 heavy (non-hydrogen) atoms. The van der Waals surface area contributed by atoms with Crippen molar-refractivity contribution in [2.24, 2.45) is 5.92 Å². The third kappa shape index (κ3) is 4.68. The van der Waals surface area contributed by atoms with Crippen LogP contribution in [0, 0.1) is 5.92 Å². The molecule has 0 aromatic heterocycles. The van der Waals surface area contributed by atoms with Crippen molar-refractivity contribution >= 4 is 11.9 Å². The Morgan fingerprint density at radius 3 is 2.25 bits per heavy atom. The van der Waals surface area contributed by atoms with Crippen molar-refractivity contribution < 1.29 is 19.4 Å². The summed E-state index contributed by atoms with van der Waals surface area (Å²) in [6, 6.07) is 9.30. The lowest BCUT2D eigenvalue weighted by Gasteiger charge is -2.20. The lowest BCUT2D eigenvalue weighted by atomic mass is 9.96. The predicted molar refractivity (Wildman–Crippen MR) is 76.4 cm³/mol. The van der Waals surface area contributed by atoms with Gasteiger partial charge in [0.05, 0.1) is 5.92 Å². The SMILES string of the molecule is CCC(C(=O)OC(CC(C)C)C(=O)O)c1ccccc1. The molecule has 4 heteroatoms. The van der Waals surface area contributed by atoms with Crippen molar-refractivity contribution in [1.29, 1.82) is 0 Å². The number of hydrogen-bond donors (Lipinski definition) is 1. The lowest BCUT2D eigenvalue weighted by Crippen LogP contribution is -2.30. The highest BCUT2D eigenvalue weighted by molar-refractivity contribution is 5.82. The fourth-order valence-electron chi connectivity index (χ4n) is 2.07. The van der Waals surface area contributed by atoms with E-state index in [0.29, 0.717) is 12.8 Å². The number of carbonyl (C=O) groups is 2. The molecule has 0 bridgehead atoms. The second-order valence-electron chi connectivity index (χ2n) is 5.26. The molecular formula is C16H22O4. The summed E-state index contributed by atoms with van der Waals surface area (Å²) in [5, 5.41) is 9.12. The molecule has 0 radical (unpaired) electrons. The number of ether oxygens (including phenoxy) is 1. The Kier molecular flexibility index (Phi) is 6.22. The number of esters is 1. The molecule has 0 aliphatic heterocycles. The fraction of sp³-hybridized carbons (Fsp3) is 0.500.